The molecule has 0 aromatic rings. The van der Waals surface area contributed by atoms with Gasteiger partial charge in [0.05, 0.1) is 6.61 Å². The molecule has 0 saturated carbocycles. The maximum absolute atomic E-state index is 12.9. The summed E-state index contributed by atoms with van der Waals surface area (Å²) in [5, 5.41) is 31.0. The van der Waals surface area contributed by atoms with Crippen molar-refractivity contribution in [2.75, 3.05) is 19.0 Å². The number of allylic oxidation sites excluding steroid dienone is 8. The lowest BCUT2D eigenvalue weighted by Gasteiger charge is -2.40. The van der Waals surface area contributed by atoms with Crippen molar-refractivity contribution in [1.29, 1.82) is 0 Å². The van der Waals surface area contributed by atoms with Crippen molar-refractivity contribution >= 4 is 22.1 Å². The fourth-order valence-corrected chi connectivity index (χ4v) is 8.49. The number of ether oxygens (including phenoxy) is 4. The lowest BCUT2D eigenvalue weighted by Crippen LogP contribution is -2.60. The van der Waals surface area contributed by atoms with Crippen molar-refractivity contribution in [2.45, 2.75) is 256 Å². The van der Waals surface area contributed by atoms with E-state index in [0.29, 0.717) is 12.8 Å². The Labute approximate surface area is 401 Å². The third kappa shape index (κ3) is 36.6. The van der Waals surface area contributed by atoms with Crippen LogP contribution in [0.15, 0.2) is 48.6 Å². The highest BCUT2D eigenvalue weighted by Crippen LogP contribution is 2.24. The van der Waals surface area contributed by atoms with Crippen LogP contribution in [0.25, 0.3) is 0 Å². The van der Waals surface area contributed by atoms with Gasteiger partial charge in [-0.15, -0.1) is 0 Å². The Balaban J connectivity index is 2.37. The van der Waals surface area contributed by atoms with Gasteiger partial charge in [0, 0.05) is 12.8 Å². The van der Waals surface area contributed by atoms with E-state index in [9.17, 15) is 37.9 Å². The number of hydrogen-bond acceptors (Lipinski definition) is 11. The van der Waals surface area contributed by atoms with Crippen LogP contribution >= 0.6 is 0 Å². The molecule has 0 spiro atoms. The molecule has 0 aliphatic carbocycles. The van der Waals surface area contributed by atoms with E-state index in [1.54, 1.807) is 0 Å². The molecule has 1 saturated heterocycles. The quantitative estimate of drug-likeness (QED) is 0.0196. The minimum Gasteiger partial charge on any atom is -0.462 e. The van der Waals surface area contributed by atoms with Gasteiger partial charge < -0.3 is 34.3 Å². The van der Waals surface area contributed by atoms with Crippen LogP contribution in [-0.2, 0) is 38.7 Å². The second kappa shape index (κ2) is 42.7. The second-order valence-electron chi connectivity index (χ2n) is 18.2. The van der Waals surface area contributed by atoms with Crippen LogP contribution in [0.2, 0.25) is 0 Å². The van der Waals surface area contributed by atoms with E-state index in [4.69, 9.17) is 18.9 Å². The Morgan fingerprint density at radius 3 is 1.33 bits per heavy atom. The van der Waals surface area contributed by atoms with E-state index in [0.717, 1.165) is 70.6 Å². The summed E-state index contributed by atoms with van der Waals surface area (Å²) in [4.78, 5) is 25.5. The fourth-order valence-electron chi connectivity index (χ4n) is 7.80. The van der Waals surface area contributed by atoms with Crippen LogP contribution in [-0.4, -0.2) is 96.0 Å². The van der Waals surface area contributed by atoms with Crippen LogP contribution in [0.1, 0.15) is 219 Å². The van der Waals surface area contributed by atoms with Crippen molar-refractivity contribution in [2.24, 2.45) is 0 Å². The molecule has 1 aliphatic heterocycles. The van der Waals surface area contributed by atoms with Crippen LogP contribution in [0.4, 0.5) is 0 Å². The third-order valence-electron chi connectivity index (χ3n) is 11.9. The first-order chi connectivity index (χ1) is 32.0. The number of rotatable bonds is 44. The number of carbonyl (C=O) groups excluding carboxylic acids is 2. The molecule has 1 fully saturated rings. The van der Waals surface area contributed by atoms with E-state index in [-0.39, 0.29) is 19.4 Å². The maximum Gasteiger partial charge on any atom is 0.306 e. The van der Waals surface area contributed by atoms with Gasteiger partial charge in [0.25, 0.3) is 10.1 Å². The number of esters is 2. The van der Waals surface area contributed by atoms with Gasteiger partial charge in [-0.3, -0.25) is 14.1 Å². The summed E-state index contributed by atoms with van der Waals surface area (Å²) in [7, 11) is -4.61. The van der Waals surface area contributed by atoms with Gasteiger partial charge in [0.1, 0.15) is 36.8 Å². The molecular formula is C53H94O12S. The van der Waals surface area contributed by atoms with Gasteiger partial charge in [0.15, 0.2) is 12.4 Å². The molecule has 0 bridgehead atoms. The summed E-state index contributed by atoms with van der Waals surface area (Å²) in [5.41, 5.74) is 0. The monoisotopic (exact) mass is 955 g/mol. The van der Waals surface area contributed by atoms with Gasteiger partial charge >= 0.3 is 11.9 Å². The first kappa shape index (κ1) is 61.6. The van der Waals surface area contributed by atoms with Crippen molar-refractivity contribution in [3.63, 3.8) is 0 Å². The Hall–Kier alpha value is -2.39. The van der Waals surface area contributed by atoms with Crippen molar-refractivity contribution in [3.05, 3.63) is 48.6 Å². The second-order valence-corrected chi connectivity index (χ2v) is 19.7. The number of unbranched alkanes of at least 4 members (excludes halogenated alkanes) is 24. The summed E-state index contributed by atoms with van der Waals surface area (Å²) in [6.07, 6.45) is 42.8. The number of aliphatic hydroxyl groups excluding tert-OH is 3. The zero-order valence-electron chi connectivity index (χ0n) is 41.3. The molecule has 13 heteroatoms. The Kier molecular flexibility index (Phi) is 39.9. The van der Waals surface area contributed by atoms with Crippen LogP contribution < -0.4 is 0 Å². The molecule has 6 atom stereocenters. The smallest absolute Gasteiger partial charge is 0.306 e. The summed E-state index contributed by atoms with van der Waals surface area (Å²) >= 11 is 0. The lowest BCUT2D eigenvalue weighted by atomic mass is 10.00. The van der Waals surface area contributed by atoms with E-state index < -0.39 is 71.2 Å². The summed E-state index contributed by atoms with van der Waals surface area (Å²) in [5.74, 6) is -1.99. The van der Waals surface area contributed by atoms with Gasteiger partial charge in [-0.1, -0.05) is 178 Å². The predicted octanol–water partition coefficient (Wildman–Crippen LogP) is 11.9. The van der Waals surface area contributed by atoms with Crippen molar-refractivity contribution in [1.82, 2.24) is 0 Å². The third-order valence-corrected chi connectivity index (χ3v) is 12.6. The Morgan fingerprint density at radius 2 is 0.909 bits per heavy atom. The van der Waals surface area contributed by atoms with E-state index >= 15 is 0 Å². The first-order valence-electron chi connectivity index (χ1n) is 26.2. The van der Waals surface area contributed by atoms with Crippen LogP contribution in [0, 0.1) is 0 Å². The average molecular weight is 955 g/mol. The average Bonchev–Trinajstić information content (AvgIpc) is 3.28. The highest BCUT2D eigenvalue weighted by Gasteiger charge is 2.46. The summed E-state index contributed by atoms with van der Waals surface area (Å²) in [6, 6.07) is 0. The molecule has 1 rings (SSSR count). The zero-order chi connectivity index (χ0) is 48.4. The summed E-state index contributed by atoms with van der Waals surface area (Å²) < 4.78 is 54.3. The molecule has 0 aromatic carbocycles. The molecule has 4 N–H and O–H groups in total. The normalized spacial score (nSPS) is 19.8. The van der Waals surface area contributed by atoms with Crippen LogP contribution in [0.3, 0.4) is 0 Å². The van der Waals surface area contributed by atoms with Crippen molar-refractivity contribution < 1.29 is 56.8 Å². The predicted molar refractivity (Wildman–Crippen MR) is 266 cm³/mol. The SMILES string of the molecule is CCCCC/C=C\C/C=C\CCCCCCCCCCCC(=O)OCC(COC1OC(CS(=O)(=O)O)C(O)C(O)C1O)OC(=O)CCCCCCCCCCC/C=C\C/C=C\CCCCC. The highest BCUT2D eigenvalue weighted by molar-refractivity contribution is 7.85. The van der Waals surface area contributed by atoms with Gasteiger partial charge in [0.2, 0.25) is 0 Å². The number of aliphatic hydroxyl groups is 3. The molecule has 1 aliphatic rings. The van der Waals surface area contributed by atoms with Crippen molar-refractivity contribution in [3.8, 4) is 0 Å². The molecular weight excluding hydrogens is 861 g/mol. The molecule has 6 unspecified atom stereocenters. The van der Waals surface area contributed by atoms with E-state index in [1.165, 1.54) is 109 Å². The Morgan fingerprint density at radius 1 is 0.515 bits per heavy atom. The standard InChI is InChI=1S/C53H94O12S/c1-3-5-7-9-11-13-15-17-19-21-23-25-27-29-31-33-35-37-39-41-48(54)62-43-46(44-63-53-52(58)51(57)50(56)47(65-53)45-66(59,60)61)64-49(55)42-40-38-36-34-32-30-28-26-24-22-20-18-16-14-12-10-8-6-4-2/h11-14,17-20,46-47,50-53,56-58H,3-10,15-16,21-45H2,1-2H3,(H,59,60,61)/b13-11-,14-12-,19-17-,20-18-. The van der Waals surface area contributed by atoms with Gasteiger partial charge in [-0.05, 0) is 77.0 Å². The largest absolute Gasteiger partial charge is 0.462 e. The fraction of sp³-hybridized carbons (Fsp3) is 0.811. The topological polar surface area (TPSA) is 186 Å². The van der Waals surface area contributed by atoms with E-state index in [1.807, 2.05) is 0 Å². The molecule has 66 heavy (non-hydrogen) atoms. The Bertz CT molecular complexity index is 1400. The molecule has 0 aromatic heterocycles. The van der Waals surface area contributed by atoms with Gasteiger partial charge in [-0.2, -0.15) is 8.42 Å². The van der Waals surface area contributed by atoms with Crippen LogP contribution in [0.5, 0.6) is 0 Å². The zero-order valence-corrected chi connectivity index (χ0v) is 42.1. The molecule has 0 amide bonds. The number of carbonyl (C=O) groups is 2. The first-order valence-corrected chi connectivity index (χ1v) is 27.8. The molecule has 12 nitrogen and oxygen atoms in total. The maximum atomic E-state index is 12.9. The minimum absolute atomic E-state index is 0.158. The molecule has 384 valence electrons. The van der Waals surface area contributed by atoms with E-state index in [2.05, 4.69) is 62.5 Å². The number of hydrogen-bond donors (Lipinski definition) is 4. The summed E-state index contributed by atoms with van der Waals surface area (Å²) in [6.45, 7) is 3.73. The molecule has 1 heterocycles. The lowest BCUT2D eigenvalue weighted by molar-refractivity contribution is -0.297. The van der Waals surface area contributed by atoms with Gasteiger partial charge in [-0.25, -0.2) is 0 Å². The highest BCUT2D eigenvalue weighted by atomic mass is 32.2. The minimum atomic E-state index is -4.61. The molecule has 0 radical (unpaired) electrons.